The van der Waals surface area contributed by atoms with Crippen molar-refractivity contribution in [3.8, 4) is 11.8 Å². The van der Waals surface area contributed by atoms with Crippen molar-refractivity contribution in [2.75, 3.05) is 30.9 Å². The molecule has 0 aromatic carbocycles. The highest BCUT2D eigenvalue weighted by Gasteiger charge is 2.50. The SMILES string of the molecule is COc1cc(N2CC3(C[C@@H](Oc4ccccn4)CS3)C2)ncn1. The smallest absolute Gasteiger partial charge is 0.218 e. The van der Waals surface area contributed by atoms with Crippen LogP contribution in [0.2, 0.25) is 0 Å². The van der Waals surface area contributed by atoms with E-state index in [1.54, 1.807) is 19.6 Å². The summed E-state index contributed by atoms with van der Waals surface area (Å²) in [6.07, 6.45) is 4.60. The maximum Gasteiger partial charge on any atom is 0.218 e. The van der Waals surface area contributed by atoms with Gasteiger partial charge < -0.3 is 14.4 Å². The molecule has 0 aliphatic carbocycles. The molecule has 120 valence electrons. The van der Waals surface area contributed by atoms with E-state index in [1.807, 2.05) is 36.0 Å². The summed E-state index contributed by atoms with van der Waals surface area (Å²) in [4.78, 5) is 14.9. The van der Waals surface area contributed by atoms with Crippen molar-refractivity contribution in [3.05, 3.63) is 36.8 Å². The molecule has 0 N–H and O–H groups in total. The van der Waals surface area contributed by atoms with Crippen molar-refractivity contribution in [2.45, 2.75) is 17.3 Å². The molecular weight excluding hydrogens is 312 g/mol. The number of pyridine rings is 1. The van der Waals surface area contributed by atoms with Crippen LogP contribution in [0.25, 0.3) is 0 Å². The van der Waals surface area contributed by atoms with Gasteiger partial charge in [0.1, 0.15) is 18.2 Å². The van der Waals surface area contributed by atoms with Crippen LogP contribution in [0.3, 0.4) is 0 Å². The minimum atomic E-state index is 0.233. The molecule has 6 nitrogen and oxygen atoms in total. The maximum absolute atomic E-state index is 5.99. The third-order valence-corrected chi connectivity index (χ3v) is 5.79. The number of hydrogen-bond donors (Lipinski definition) is 0. The second-order valence-corrected chi connectivity index (χ2v) is 7.37. The standard InChI is InChI=1S/C16H18N4O2S/c1-21-15-6-13(18-11-19-15)20-9-16(10-20)7-12(8-23-16)22-14-4-2-3-5-17-14/h2-6,11-12H,7-10H2,1H3/t12-/m1/s1. The molecule has 2 aliphatic rings. The van der Waals surface area contributed by atoms with Crippen LogP contribution in [0.5, 0.6) is 11.8 Å². The summed E-state index contributed by atoms with van der Waals surface area (Å²) < 4.78 is 11.4. The average Bonchev–Trinajstić information content (AvgIpc) is 2.99. The van der Waals surface area contributed by atoms with Crippen LogP contribution < -0.4 is 14.4 Å². The van der Waals surface area contributed by atoms with E-state index in [0.717, 1.165) is 31.1 Å². The highest BCUT2D eigenvalue weighted by atomic mass is 32.2. The summed E-state index contributed by atoms with van der Waals surface area (Å²) >= 11 is 2.00. The van der Waals surface area contributed by atoms with Gasteiger partial charge in [-0.05, 0) is 6.07 Å². The molecule has 2 fully saturated rings. The van der Waals surface area contributed by atoms with Gasteiger partial charge in [-0.25, -0.2) is 15.0 Å². The molecule has 0 bridgehead atoms. The Bertz CT molecular complexity index is 679. The second-order valence-electron chi connectivity index (χ2n) is 5.88. The predicted molar refractivity (Wildman–Crippen MR) is 89.3 cm³/mol. The molecule has 4 heterocycles. The van der Waals surface area contributed by atoms with Gasteiger partial charge in [0.2, 0.25) is 11.8 Å². The molecule has 2 aliphatic heterocycles. The van der Waals surface area contributed by atoms with Gasteiger partial charge in [-0.3, -0.25) is 0 Å². The lowest BCUT2D eigenvalue weighted by Gasteiger charge is -2.48. The van der Waals surface area contributed by atoms with E-state index in [0.29, 0.717) is 11.8 Å². The lowest BCUT2D eigenvalue weighted by Crippen LogP contribution is -2.59. The van der Waals surface area contributed by atoms with Crippen LogP contribution >= 0.6 is 11.8 Å². The van der Waals surface area contributed by atoms with Crippen LogP contribution in [0, 0.1) is 0 Å². The van der Waals surface area contributed by atoms with Gasteiger partial charge in [0.15, 0.2) is 0 Å². The molecule has 0 saturated carbocycles. The minimum Gasteiger partial charge on any atom is -0.481 e. The molecule has 1 atom stereocenters. The van der Waals surface area contributed by atoms with Crippen molar-refractivity contribution in [3.63, 3.8) is 0 Å². The Balaban J connectivity index is 1.36. The molecule has 2 aromatic rings. The predicted octanol–water partition coefficient (Wildman–Crippen LogP) is 2.02. The fraction of sp³-hybridized carbons (Fsp3) is 0.438. The number of methoxy groups -OCH3 is 1. The highest BCUT2D eigenvalue weighted by molar-refractivity contribution is 8.01. The number of hydrogen-bond acceptors (Lipinski definition) is 7. The summed E-state index contributed by atoms with van der Waals surface area (Å²) in [5, 5.41) is 0. The largest absolute Gasteiger partial charge is 0.481 e. The first-order valence-corrected chi connectivity index (χ1v) is 8.58. The number of thioether (sulfide) groups is 1. The Hall–Kier alpha value is -2.02. The highest BCUT2D eigenvalue weighted by Crippen LogP contribution is 2.47. The van der Waals surface area contributed by atoms with E-state index in [9.17, 15) is 0 Å². The van der Waals surface area contributed by atoms with Gasteiger partial charge in [-0.2, -0.15) is 0 Å². The normalized spacial score (nSPS) is 22.0. The maximum atomic E-state index is 5.99. The second kappa shape index (κ2) is 5.88. The minimum absolute atomic E-state index is 0.233. The molecule has 2 aromatic heterocycles. The van der Waals surface area contributed by atoms with Gasteiger partial charge in [0.05, 0.1) is 11.9 Å². The number of ether oxygens (including phenoxy) is 2. The molecular formula is C16H18N4O2S. The van der Waals surface area contributed by atoms with Crippen LogP contribution in [0.1, 0.15) is 6.42 Å². The lowest BCUT2D eigenvalue weighted by atomic mass is 9.93. The molecule has 0 amide bonds. The van der Waals surface area contributed by atoms with Crippen molar-refractivity contribution in [1.82, 2.24) is 15.0 Å². The number of rotatable bonds is 4. The summed E-state index contributed by atoms with van der Waals surface area (Å²) in [7, 11) is 1.62. The Morgan fingerprint density at radius 2 is 2.13 bits per heavy atom. The molecule has 0 radical (unpaired) electrons. The van der Waals surface area contributed by atoms with Gasteiger partial charge in [0, 0.05) is 43.6 Å². The summed E-state index contributed by atoms with van der Waals surface area (Å²) in [6.45, 7) is 1.97. The Morgan fingerprint density at radius 3 is 2.91 bits per heavy atom. The quantitative estimate of drug-likeness (QED) is 0.850. The Labute approximate surface area is 139 Å². The van der Waals surface area contributed by atoms with Crippen LogP contribution in [-0.4, -0.2) is 51.8 Å². The average molecular weight is 330 g/mol. The van der Waals surface area contributed by atoms with Gasteiger partial charge in [0.25, 0.3) is 0 Å². The first kappa shape index (κ1) is 14.6. The zero-order valence-corrected chi connectivity index (χ0v) is 13.7. The number of anilines is 1. The molecule has 23 heavy (non-hydrogen) atoms. The van der Waals surface area contributed by atoms with Gasteiger partial charge in [-0.15, -0.1) is 11.8 Å². The molecule has 4 rings (SSSR count). The zero-order chi connectivity index (χ0) is 15.7. The molecule has 7 heteroatoms. The van der Waals surface area contributed by atoms with E-state index in [2.05, 4.69) is 19.9 Å². The fourth-order valence-electron chi connectivity index (χ4n) is 3.11. The summed E-state index contributed by atoms with van der Waals surface area (Å²) in [5.41, 5.74) is 0. The third-order valence-electron chi connectivity index (χ3n) is 4.22. The first-order valence-electron chi connectivity index (χ1n) is 7.59. The molecule has 0 unspecified atom stereocenters. The van der Waals surface area contributed by atoms with Gasteiger partial charge in [-0.1, -0.05) is 6.07 Å². The number of nitrogens with zero attached hydrogens (tertiary/aromatic N) is 4. The molecule has 1 spiro atoms. The molecule has 2 saturated heterocycles. The first-order chi connectivity index (χ1) is 11.3. The van der Waals surface area contributed by atoms with Crippen LogP contribution in [0.15, 0.2) is 36.8 Å². The monoisotopic (exact) mass is 330 g/mol. The van der Waals surface area contributed by atoms with E-state index in [-0.39, 0.29) is 10.9 Å². The Morgan fingerprint density at radius 1 is 1.22 bits per heavy atom. The lowest BCUT2D eigenvalue weighted by molar-refractivity contribution is 0.194. The fourth-order valence-corrected chi connectivity index (χ4v) is 4.64. The van der Waals surface area contributed by atoms with Crippen molar-refractivity contribution in [2.24, 2.45) is 0 Å². The van der Waals surface area contributed by atoms with E-state index in [1.165, 1.54) is 0 Å². The summed E-state index contributed by atoms with van der Waals surface area (Å²) in [5.74, 6) is 3.26. The van der Waals surface area contributed by atoms with Crippen molar-refractivity contribution in [1.29, 1.82) is 0 Å². The van der Waals surface area contributed by atoms with E-state index in [4.69, 9.17) is 9.47 Å². The Kier molecular flexibility index (Phi) is 3.72. The van der Waals surface area contributed by atoms with Crippen LogP contribution in [0.4, 0.5) is 5.82 Å². The topological polar surface area (TPSA) is 60.4 Å². The van der Waals surface area contributed by atoms with Crippen LogP contribution in [-0.2, 0) is 0 Å². The van der Waals surface area contributed by atoms with E-state index >= 15 is 0 Å². The third kappa shape index (κ3) is 2.93. The van der Waals surface area contributed by atoms with Crippen molar-refractivity contribution >= 4 is 17.6 Å². The van der Waals surface area contributed by atoms with Crippen molar-refractivity contribution < 1.29 is 9.47 Å². The number of aromatic nitrogens is 3. The summed E-state index contributed by atoms with van der Waals surface area (Å²) in [6, 6.07) is 7.65. The van der Waals surface area contributed by atoms with Gasteiger partial charge >= 0.3 is 0 Å². The zero-order valence-electron chi connectivity index (χ0n) is 12.9. The van der Waals surface area contributed by atoms with E-state index < -0.39 is 0 Å².